The molecule has 3 aromatic heterocycles. The molecule has 0 spiro atoms. The number of primary amides is 1. The van der Waals surface area contributed by atoms with Crippen LogP contribution in [0.2, 0.25) is 5.02 Å². The summed E-state index contributed by atoms with van der Waals surface area (Å²) in [6.45, 7) is 1.80. The van der Waals surface area contributed by atoms with E-state index in [9.17, 15) is 15.2 Å². The summed E-state index contributed by atoms with van der Waals surface area (Å²) in [5.74, 6) is 0.978. The molecular weight excluding hydrogens is 504 g/mol. The molecule has 3 N–H and O–H groups in total. The number of fused-ring (bicyclic) bond motifs is 1. The van der Waals surface area contributed by atoms with Gasteiger partial charge in [-0.15, -0.1) is 0 Å². The molecular formula is C27H25ClN8O2. The lowest BCUT2D eigenvalue weighted by atomic mass is 9.99. The van der Waals surface area contributed by atoms with Gasteiger partial charge in [0.05, 0.1) is 24.1 Å². The number of nitriles is 1. The number of aliphatic hydroxyl groups excluding tert-OH is 1. The molecule has 0 unspecified atom stereocenters. The molecule has 5 heterocycles. The number of hydrogen-bond donors (Lipinski definition) is 2. The van der Waals surface area contributed by atoms with Crippen molar-refractivity contribution < 1.29 is 9.90 Å². The molecule has 192 valence electrons. The zero-order valence-corrected chi connectivity index (χ0v) is 21.2. The number of halogens is 1. The van der Waals surface area contributed by atoms with E-state index in [4.69, 9.17) is 27.4 Å². The van der Waals surface area contributed by atoms with Crippen LogP contribution in [0, 0.1) is 17.2 Å². The van der Waals surface area contributed by atoms with Crippen LogP contribution in [0.3, 0.4) is 0 Å². The van der Waals surface area contributed by atoms with Gasteiger partial charge in [0.15, 0.2) is 5.65 Å². The van der Waals surface area contributed by atoms with Crippen LogP contribution in [-0.4, -0.2) is 62.9 Å². The predicted octanol–water partition coefficient (Wildman–Crippen LogP) is 2.87. The van der Waals surface area contributed by atoms with E-state index in [1.54, 1.807) is 16.8 Å². The minimum atomic E-state index is -0.321. The van der Waals surface area contributed by atoms with Crippen molar-refractivity contribution >= 4 is 34.8 Å². The van der Waals surface area contributed by atoms with E-state index in [0.29, 0.717) is 35.1 Å². The first-order valence-electron chi connectivity index (χ1n) is 12.4. The lowest BCUT2D eigenvalue weighted by Crippen LogP contribution is -2.53. The summed E-state index contributed by atoms with van der Waals surface area (Å²) in [7, 11) is 0. The van der Waals surface area contributed by atoms with Crippen molar-refractivity contribution in [2.75, 3.05) is 36.0 Å². The van der Waals surface area contributed by atoms with E-state index in [-0.39, 0.29) is 24.5 Å². The van der Waals surface area contributed by atoms with E-state index in [0.717, 1.165) is 47.7 Å². The maximum absolute atomic E-state index is 11.8. The van der Waals surface area contributed by atoms with Gasteiger partial charge in [-0.1, -0.05) is 23.7 Å². The van der Waals surface area contributed by atoms with Gasteiger partial charge < -0.3 is 20.6 Å². The van der Waals surface area contributed by atoms with Crippen LogP contribution in [0.15, 0.2) is 48.7 Å². The van der Waals surface area contributed by atoms with Gasteiger partial charge in [-0.05, 0) is 42.7 Å². The fourth-order valence-corrected chi connectivity index (χ4v) is 5.35. The lowest BCUT2D eigenvalue weighted by molar-refractivity contribution is -0.122. The van der Waals surface area contributed by atoms with Gasteiger partial charge in [-0.3, -0.25) is 4.79 Å². The number of nitrogens with zero attached hydrogens (tertiary/aromatic N) is 7. The summed E-state index contributed by atoms with van der Waals surface area (Å²) in [6.07, 6.45) is 3.49. The predicted molar refractivity (Wildman–Crippen MR) is 144 cm³/mol. The number of aromatic nitrogens is 4. The normalized spacial score (nSPS) is 17.6. The van der Waals surface area contributed by atoms with Gasteiger partial charge >= 0.3 is 0 Å². The van der Waals surface area contributed by atoms with Crippen molar-refractivity contribution in [2.45, 2.75) is 18.9 Å². The van der Waals surface area contributed by atoms with Crippen molar-refractivity contribution in [1.82, 2.24) is 19.6 Å². The molecule has 2 fully saturated rings. The zero-order chi connectivity index (χ0) is 26.4. The Kier molecular flexibility index (Phi) is 6.10. The molecule has 10 nitrogen and oxygen atoms in total. The summed E-state index contributed by atoms with van der Waals surface area (Å²) < 4.78 is 1.79. The third kappa shape index (κ3) is 4.10. The van der Waals surface area contributed by atoms with Gasteiger partial charge in [0.1, 0.15) is 29.1 Å². The van der Waals surface area contributed by atoms with Crippen molar-refractivity contribution in [2.24, 2.45) is 11.7 Å². The number of pyridine rings is 1. The first-order chi connectivity index (χ1) is 18.5. The third-order valence-electron chi connectivity index (χ3n) is 7.33. The Labute approximate surface area is 223 Å². The second kappa shape index (κ2) is 9.59. The van der Waals surface area contributed by atoms with E-state index in [2.05, 4.69) is 20.9 Å². The molecule has 0 bridgehead atoms. The molecule has 11 heteroatoms. The van der Waals surface area contributed by atoms with E-state index in [1.165, 1.54) is 0 Å². The SMILES string of the molecule is N#Cc1ccc(-c2nn3c(N4CC(C(N)=O)C4)cc(N4CCC[C@H]4CO)nc3c2-c2ccc(Cl)cc2)cn1. The fraction of sp³-hybridized carbons (Fsp3) is 0.296. The second-order valence-electron chi connectivity index (χ2n) is 9.66. The number of aliphatic hydroxyl groups is 1. The minimum absolute atomic E-state index is 0.0170. The molecule has 38 heavy (non-hydrogen) atoms. The summed E-state index contributed by atoms with van der Waals surface area (Å²) >= 11 is 6.21. The van der Waals surface area contributed by atoms with Crippen molar-refractivity contribution in [1.29, 1.82) is 5.26 Å². The molecule has 0 radical (unpaired) electrons. The summed E-state index contributed by atoms with van der Waals surface area (Å²) in [6, 6.07) is 15.0. The number of carbonyl (C=O) groups excluding carboxylic acids is 1. The van der Waals surface area contributed by atoms with Gasteiger partial charge in [-0.25, -0.2) is 9.97 Å². The Morgan fingerprint density at radius 2 is 1.95 bits per heavy atom. The smallest absolute Gasteiger partial charge is 0.224 e. The monoisotopic (exact) mass is 528 g/mol. The van der Waals surface area contributed by atoms with Gasteiger partial charge in [0.25, 0.3) is 0 Å². The quantitative estimate of drug-likeness (QED) is 0.390. The lowest BCUT2D eigenvalue weighted by Gasteiger charge is -2.39. The molecule has 1 atom stereocenters. The zero-order valence-electron chi connectivity index (χ0n) is 20.5. The van der Waals surface area contributed by atoms with E-state index in [1.807, 2.05) is 36.4 Å². The number of nitrogens with two attached hydrogens (primary N) is 1. The topological polar surface area (TPSA) is 137 Å². The summed E-state index contributed by atoms with van der Waals surface area (Å²) in [5, 5.41) is 24.8. The van der Waals surface area contributed by atoms with E-state index < -0.39 is 0 Å². The molecule has 1 aromatic carbocycles. The van der Waals surface area contributed by atoms with Crippen LogP contribution < -0.4 is 15.5 Å². The van der Waals surface area contributed by atoms with Gasteiger partial charge in [0.2, 0.25) is 5.91 Å². The van der Waals surface area contributed by atoms with Crippen LogP contribution >= 0.6 is 11.6 Å². The third-order valence-corrected chi connectivity index (χ3v) is 7.58. The number of anilines is 2. The van der Waals surface area contributed by atoms with Crippen molar-refractivity contribution in [3.8, 4) is 28.5 Å². The Balaban J connectivity index is 1.60. The van der Waals surface area contributed by atoms with Crippen LogP contribution in [0.5, 0.6) is 0 Å². The number of carbonyl (C=O) groups is 1. The Morgan fingerprint density at radius 3 is 2.61 bits per heavy atom. The first kappa shape index (κ1) is 24.2. The highest BCUT2D eigenvalue weighted by molar-refractivity contribution is 6.30. The first-order valence-corrected chi connectivity index (χ1v) is 12.8. The number of rotatable bonds is 6. The highest BCUT2D eigenvalue weighted by Gasteiger charge is 2.35. The number of benzene rings is 1. The van der Waals surface area contributed by atoms with E-state index >= 15 is 0 Å². The Morgan fingerprint density at radius 1 is 1.18 bits per heavy atom. The average molecular weight is 529 g/mol. The number of amides is 1. The summed E-state index contributed by atoms with van der Waals surface area (Å²) in [5.41, 5.74) is 9.56. The van der Waals surface area contributed by atoms with Crippen LogP contribution in [0.1, 0.15) is 18.5 Å². The molecule has 4 aromatic rings. The number of hydrogen-bond acceptors (Lipinski definition) is 8. The maximum atomic E-state index is 11.8. The molecule has 0 saturated carbocycles. The molecule has 0 aliphatic carbocycles. The largest absolute Gasteiger partial charge is 0.394 e. The van der Waals surface area contributed by atoms with Crippen LogP contribution in [-0.2, 0) is 4.79 Å². The molecule has 2 saturated heterocycles. The fourth-order valence-electron chi connectivity index (χ4n) is 5.22. The van der Waals surface area contributed by atoms with Crippen LogP contribution in [0.25, 0.3) is 28.0 Å². The standard InChI is InChI=1S/C27H25ClN8O2/c28-19-6-3-16(4-7-19)24-25(17-5-8-20(11-29)31-12-17)33-36-23(34-13-18(14-34)26(30)38)10-22(32-27(24)36)35-9-1-2-21(35)15-37/h3-8,10,12,18,21,37H,1-2,9,13-15H2,(H2,30,38)/t21-/m0/s1. The average Bonchev–Trinajstić information content (AvgIpc) is 3.53. The molecule has 2 aliphatic rings. The molecule has 6 rings (SSSR count). The molecule has 2 aliphatic heterocycles. The van der Waals surface area contributed by atoms with Crippen LogP contribution in [0.4, 0.5) is 11.6 Å². The minimum Gasteiger partial charge on any atom is -0.394 e. The highest BCUT2D eigenvalue weighted by atomic mass is 35.5. The van der Waals surface area contributed by atoms with Crippen molar-refractivity contribution in [3.63, 3.8) is 0 Å². The van der Waals surface area contributed by atoms with Gasteiger partial charge in [0, 0.05) is 42.5 Å². The Hall–Kier alpha value is -4.20. The second-order valence-corrected chi connectivity index (χ2v) is 10.1. The highest BCUT2D eigenvalue weighted by Crippen LogP contribution is 2.39. The van der Waals surface area contributed by atoms with Gasteiger partial charge in [-0.2, -0.15) is 14.9 Å². The van der Waals surface area contributed by atoms with Crippen molar-refractivity contribution in [3.05, 3.63) is 59.4 Å². The maximum Gasteiger partial charge on any atom is 0.224 e. The molecule has 1 amide bonds. The Bertz CT molecular complexity index is 1560. The summed E-state index contributed by atoms with van der Waals surface area (Å²) in [4.78, 5) is 25.3.